The summed E-state index contributed by atoms with van der Waals surface area (Å²) in [6.07, 6.45) is 4.29. The molecular formula is C28H31Cl2N5O2S. The molecule has 1 aliphatic heterocycles. The molecule has 2 heterocycles. The second-order valence-corrected chi connectivity index (χ2v) is 11.1. The number of urea groups is 1. The number of benzene rings is 2. The second kappa shape index (κ2) is 13.2. The molecule has 7 nitrogen and oxygen atoms in total. The van der Waals surface area contributed by atoms with Crippen LogP contribution >= 0.6 is 34.5 Å². The number of carbonyl (C=O) groups is 2. The second-order valence-electron chi connectivity index (χ2n) is 9.31. The molecule has 38 heavy (non-hydrogen) atoms. The van der Waals surface area contributed by atoms with E-state index >= 15 is 0 Å². The molecule has 1 saturated heterocycles. The number of hydrogen-bond acceptors (Lipinski definition) is 5. The minimum absolute atomic E-state index is 0.0664. The van der Waals surface area contributed by atoms with Gasteiger partial charge in [0.2, 0.25) is 0 Å². The number of thiazole rings is 1. The summed E-state index contributed by atoms with van der Waals surface area (Å²) < 4.78 is 0. The van der Waals surface area contributed by atoms with Crippen LogP contribution in [0.3, 0.4) is 0 Å². The lowest BCUT2D eigenvalue weighted by Gasteiger charge is -2.33. The van der Waals surface area contributed by atoms with Gasteiger partial charge in [-0.25, -0.2) is 9.78 Å². The number of rotatable bonds is 8. The molecule has 0 atom stereocenters. The molecular weight excluding hydrogens is 541 g/mol. The molecule has 1 aliphatic rings. The molecule has 1 aromatic heterocycles. The van der Waals surface area contributed by atoms with Crippen molar-refractivity contribution in [2.24, 2.45) is 0 Å². The minimum Gasteiger partial charge on any atom is -0.335 e. The van der Waals surface area contributed by atoms with Crippen LogP contribution in [0.2, 0.25) is 10.0 Å². The van der Waals surface area contributed by atoms with Gasteiger partial charge in [0, 0.05) is 49.8 Å². The van der Waals surface area contributed by atoms with Gasteiger partial charge in [-0.1, -0.05) is 65.7 Å². The zero-order valence-electron chi connectivity index (χ0n) is 21.4. The summed E-state index contributed by atoms with van der Waals surface area (Å²) in [7, 11) is 0. The smallest absolute Gasteiger partial charge is 0.322 e. The quantitative estimate of drug-likeness (QED) is 0.341. The summed E-state index contributed by atoms with van der Waals surface area (Å²) in [6.45, 7) is 7.97. The van der Waals surface area contributed by atoms with Gasteiger partial charge in [-0.15, -0.1) is 11.3 Å². The molecule has 10 heteroatoms. The van der Waals surface area contributed by atoms with E-state index in [0.29, 0.717) is 46.1 Å². The average molecular weight is 573 g/mol. The molecule has 0 radical (unpaired) electrons. The summed E-state index contributed by atoms with van der Waals surface area (Å²) in [4.78, 5) is 36.5. The first-order valence-corrected chi connectivity index (χ1v) is 14.1. The van der Waals surface area contributed by atoms with Crippen LogP contribution < -0.4 is 5.32 Å². The van der Waals surface area contributed by atoms with Gasteiger partial charge in [-0.3, -0.25) is 9.69 Å². The van der Waals surface area contributed by atoms with Crippen LogP contribution in [0.15, 0.2) is 60.0 Å². The van der Waals surface area contributed by atoms with E-state index < -0.39 is 0 Å². The van der Waals surface area contributed by atoms with E-state index in [1.165, 1.54) is 16.9 Å². The summed E-state index contributed by atoms with van der Waals surface area (Å²) in [5.74, 6) is -0.0664. The molecule has 0 spiro atoms. The number of anilines is 1. The highest BCUT2D eigenvalue weighted by Gasteiger charge is 2.25. The number of nitrogens with zero attached hydrogens (tertiary/aromatic N) is 4. The van der Waals surface area contributed by atoms with Gasteiger partial charge in [-0.05, 0) is 37.6 Å². The lowest BCUT2D eigenvalue weighted by Crippen LogP contribution is -2.48. The monoisotopic (exact) mass is 571 g/mol. The fourth-order valence-corrected chi connectivity index (χ4v) is 5.15. The molecule has 0 aliphatic carbocycles. The highest BCUT2D eigenvalue weighted by atomic mass is 35.5. The maximum Gasteiger partial charge on any atom is 0.322 e. The van der Waals surface area contributed by atoms with Gasteiger partial charge in [0.1, 0.15) is 10.7 Å². The van der Waals surface area contributed by atoms with Crippen LogP contribution in [0.4, 0.5) is 10.5 Å². The van der Waals surface area contributed by atoms with Crippen molar-refractivity contribution in [1.29, 1.82) is 0 Å². The zero-order chi connectivity index (χ0) is 27.1. The van der Waals surface area contributed by atoms with E-state index in [1.807, 2.05) is 36.9 Å². The summed E-state index contributed by atoms with van der Waals surface area (Å²) in [5.41, 5.74) is 2.17. The Labute approximate surface area is 237 Å². The number of amides is 3. The molecule has 1 N–H and O–H groups in total. The van der Waals surface area contributed by atoms with Crippen LogP contribution in [-0.4, -0.2) is 70.4 Å². The summed E-state index contributed by atoms with van der Waals surface area (Å²) in [6, 6.07) is 14.8. The first-order chi connectivity index (χ1) is 18.3. The highest BCUT2D eigenvalue weighted by Crippen LogP contribution is 2.25. The van der Waals surface area contributed by atoms with E-state index in [0.717, 1.165) is 19.6 Å². The minimum atomic E-state index is -0.279. The van der Waals surface area contributed by atoms with Crippen molar-refractivity contribution in [1.82, 2.24) is 19.7 Å². The largest absolute Gasteiger partial charge is 0.335 e. The van der Waals surface area contributed by atoms with Crippen molar-refractivity contribution in [3.63, 3.8) is 0 Å². The van der Waals surface area contributed by atoms with E-state index in [4.69, 9.17) is 23.2 Å². The number of halogens is 2. The Bertz CT molecular complexity index is 1270. The lowest BCUT2D eigenvalue weighted by atomic mass is 10.2. The Hall–Kier alpha value is -2.91. The Morgan fingerprint density at radius 1 is 1.08 bits per heavy atom. The predicted molar refractivity (Wildman–Crippen MR) is 156 cm³/mol. The van der Waals surface area contributed by atoms with Crippen molar-refractivity contribution in [3.05, 3.63) is 86.3 Å². The SMILES string of the molecule is CC(C)N(Cc1nc(C(=O)N2CCN(C/C=C/c3ccccc3)CC2)cs1)C(=O)Nc1ccc(Cl)c(Cl)c1. The molecule has 0 saturated carbocycles. The number of aromatic nitrogens is 1. The topological polar surface area (TPSA) is 68.8 Å². The summed E-state index contributed by atoms with van der Waals surface area (Å²) >= 11 is 13.4. The van der Waals surface area contributed by atoms with Crippen molar-refractivity contribution in [2.45, 2.75) is 26.4 Å². The molecule has 200 valence electrons. The van der Waals surface area contributed by atoms with E-state index in [9.17, 15) is 9.59 Å². The van der Waals surface area contributed by atoms with Gasteiger partial charge in [-0.2, -0.15) is 0 Å². The van der Waals surface area contributed by atoms with Gasteiger partial charge >= 0.3 is 6.03 Å². The van der Waals surface area contributed by atoms with Gasteiger partial charge in [0.05, 0.1) is 16.6 Å². The van der Waals surface area contributed by atoms with Crippen molar-refractivity contribution in [3.8, 4) is 0 Å². The van der Waals surface area contributed by atoms with Gasteiger partial charge in [0.25, 0.3) is 5.91 Å². The zero-order valence-corrected chi connectivity index (χ0v) is 23.8. The fourth-order valence-electron chi connectivity index (χ4n) is 4.08. The van der Waals surface area contributed by atoms with E-state index in [2.05, 4.69) is 39.5 Å². The Morgan fingerprint density at radius 2 is 1.82 bits per heavy atom. The Kier molecular flexibility index (Phi) is 9.80. The van der Waals surface area contributed by atoms with Crippen LogP contribution in [0.5, 0.6) is 0 Å². The van der Waals surface area contributed by atoms with Crippen LogP contribution in [-0.2, 0) is 6.54 Å². The predicted octanol–water partition coefficient (Wildman–Crippen LogP) is 6.36. The molecule has 4 rings (SSSR count). The number of piperazine rings is 1. The number of hydrogen-bond donors (Lipinski definition) is 1. The van der Waals surface area contributed by atoms with Crippen molar-refractivity contribution < 1.29 is 9.59 Å². The van der Waals surface area contributed by atoms with Gasteiger partial charge in [0.15, 0.2) is 0 Å². The third-order valence-electron chi connectivity index (χ3n) is 6.26. The third-order valence-corrected chi connectivity index (χ3v) is 7.84. The number of nitrogens with one attached hydrogen (secondary N) is 1. The van der Waals surface area contributed by atoms with Crippen molar-refractivity contribution in [2.75, 3.05) is 38.0 Å². The maximum absolute atomic E-state index is 13.1. The molecule has 0 bridgehead atoms. The van der Waals surface area contributed by atoms with Crippen LogP contribution in [0.1, 0.15) is 34.9 Å². The Morgan fingerprint density at radius 3 is 2.50 bits per heavy atom. The average Bonchev–Trinajstić information content (AvgIpc) is 3.38. The highest BCUT2D eigenvalue weighted by molar-refractivity contribution is 7.09. The first kappa shape index (κ1) is 28.1. The molecule has 1 fully saturated rings. The Balaban J connectivity index is 1.29. The van der Waals surface area contributed by atoms with Crippen molar-refractivity contribution >= 4 is 58.2 Å². The lowest BCUT2D eigenvalue weighted by molar-refractivity contribution is 0.0645. The van der Waals surface area contributed by atoms with Crippen LogP contribution in [0, 0.1) is 0 Å². The van der Waals surface area contributed by atoms with Gasteiger partial charge < -0.3 is 15.1 Å². The molecule has 2 aromatic carbocycles. The normalized spacial score (nSPS) is 14.3. The van der Waals surface area contributed by atoms with E-state index in [1.54, 1.807) is 28.5 Å². The molecule has 0 unspecified atom stereocenters. The third kappa shape index (κ3) is 7.57. The summed E-state index contributed by atoms with van der Waals surface area (Å²) in [5, 5.41) is 6.13. The van der Waals surface area contributed by atoms with E-state index in [-0.39, 0.29) is 18.0 Å². The fraction of sp³-hybridized carbons (Fsp3) is 0.321. The molecule has 3 aromatic rings. The van der Waals surface area contributed by atoms with Crippen LogP contribution in [0.25, 0.3) is 6.08 Å². The number of carbonyl (C=O) groups excluding carboxylic acids is 2. The molecule has 3 amide bonds. The first-order valence-electron chi connectivity index (χ1n) is 12.5. The maximum atomic E-state index is 13.1. The standard InChI is InChI=1S/C28H31Cl2N5O2S/c1-20(2)35(28(37)31-22-10-11-23(29)24(30)17-22)18-26-32-25(19-38-26)27(36)34-15-13-33(14-16-34)12-6-9-21-7-4-3-5-8-21/h3-11,17,19-20H,12-16,18H2,1-2H3,(H,31,37)/b9-6+.